The van der Waals surface area contributed by atoms with E-state index < -0.39 is 0 Å². The SMILES string of the molecule is CC(=O)CNCCNc1ccc(C#N)cn1. The number of nitrogens with one attached hydrogen (secondary N) is 2. The van der Waals surface area contributed by atoms with Gasteiger partial charge in [-0.2, -0.15) is 5.26 Å². The predicted octanol–water partition coefficient (Wildman–Crippen LogP) is 0.544. The minimum Gasteiger partial charge on any atom is -0.369 e. The summed E-state index contributed by atoms with van der Waals surface area (Å²) >= 11 is 0. The molecule has 0 fully saturated rings. The van der Waals surface area contributed by atoms with Gasteiger partial charge in [0.2, 0.25) is 0 Å². The summed E-state index contributed by atoms with van der Waals surface area (Å²) < 4.78 is 0. The summed E-state index contributed by atoms with van der Waals surface area (Å²) in [5, 5.41) is 14.6. The molecule has 2 N–H and O–H groups in total. The Morgan fingerprint density at radius 1 is 1.50 bits per heavy atom. The second-order valence-electron chi connectivity index (χ2n) is 3.35. The molecule has 16 heavy (non-hydrogen) atoms. The van der Waals surface area contributed by atoms with Crippen molar-refractivity contribution in [1.29, 1.82) is 5.26 Å². The monoisotopic (exact) mass is 218 g/mol. The van der Waals surface area contributed by atoms with Gasteiger partial charge in [0, 0.05) is 19.3 Å². The zero-order valence-electron chi connectivity index (χ0n) is 9.16. The van der Waals surface area contributed by atoms with E-state index in [2.05, 4.69) is 15.6 Å². The third-order valence-electron chi connectivity index (χ3n) is 1.87. The van der Waals surface area contributed by atoms with Gasteiger partial charge in [-0.05, 0) is 19.1 Å². The van der Waals surface area contributed by atoms with Crippen molar-refractivity contribution in [3.8, 4) is 6.07 Å². The van der Waals surface area contributed by atoms with Gasteiger partial charge in [-0.15, -0.1) is 0 Å². The van der Waals surface area contributed by atoms with Gasteiger partial charge in [-0.1, -0.05) is 0 Å². The third-order valence-corrected chi connectivity index (χ3v) is 1.87. The van der Waals surface area contributed by atoms with Crippen LogP contribution in [0.5, 0.6) is 0 Å². The topological polar surface area (TPSA) is 77.8 Å². The van der Waals surface area contributed by atoms with E-state index in [1.165, 1.54) is 6.20 Å². The van der Waals surface area contributed by atoms with Crippen LogP contribution in [0.15, 0.2) is 18.3 Å². The van der Waals surface area contributed by atoms with Crippen LogP contribution in [0.3, 0.4) is 0 Å². The van der Waals surface area contributed by atoms with Gasteiger partial charge in [0.05, 0.1) is 12.1 Å². The molecule has 5 nitrogen and oxygen atoms in total. The van der Waals surface area contributed by atoms with E-state index in [1.54, 1.807) is 19.1 Å². The molecular weight excluding hydrogens is 204 g/mol. The molecule has 5 heteroatoms. The first-order chi connectivity index (χ1) is 7.72. The van der Waals surface area contributed by atoms with Crippen molar-refractivity contribution >= 4 is 11.6 Å². The Hall–Kier alpha value is -1.93. The minimum absolute atomic E-state index is 0.122. The maximum Gasteiger partial charge on any atom is 0.143 e. The number of pyridine rings is 1. The number of hydrogen-bond donors (Lipinski definition) is 2. The Kier molecular flexibility index (Phi) is 4.96. The smallest absolute Gasteiger partial charge is 0.143 e. The van der Waals surface area contributed by atoms with E-state index in [9.17, 15) is 4.79 Å². The first-order valence-corrected chi connectivity index (χ1v) is 5.02. The van der Waals surface area contributed by atoms with Crippen LogP contribution in [0, 0.1) is 11.3 Å². The highest BCUT2D eigenvalue weighted by Crippen LogP contribution is 2.02. The van der Waals surface area contributed by atoms with Gasteiger partial charge in [0.15, 0.2) is 0 Å². The maximum atomic E-state index is 10.6. The molecule has 0 aliphatic carbocycles. The lowest BCUT2D eigenvalue weighted by Crippen LogP contribution is -2.26. The van der Waals surface area contributed by atoms with Gasteiger partial charge < -0.3 is 10.6 Å². The summed E-state index contributed by atoms with van der Waals surface area (Å²) in [4.78, 5) is 14.7. The predicted molar refractivity (Wildman–Crippen MR) is 61.0 cm³/mol. The molecule has 84 valence electrons. The fraction of sp³-hybridized carbons (Fsp3) is 0.364. The van der Waals surface area contributed by atoms with Gasteiger partial charge >= 0.3 is 0 Å². The number of ketones is 1. The summed E-state index contributed by atoms with van der Waals surface area (Å²) in [5.74, 6) is 0.847. The summed E-state index contributed by atoms with van der Waals surface area (Å²) in [6, 6.07) is 5.46. The molecule has 0 aromatic carbocycles. The number of carbonyl (C=O) groups excluding carboxylic acids is 1. The lowest BCUT2D eigenvalue weighted by Gasteiger charge is -2.05. The first-order valence-electron chi connectivity index (χ1n) is 5.02. The molecule has 0 aliphatic heterocycles. The Labute approximate surface area is 94.5 Å². The third kappa shape index (κ3) is 4.53. The van der Waals surface area contributed by atoms with Crippen molar-refractivity contribution in [2.24, 2.45) is 0 Å². The number of nitrogens with zero attached hydrogens (tertiary/aromatic N) is 2. The fourth-order valence-corrected chi connectivity index (χ4v) is 1.11. The quantitative estimate of drug-likeness (QED) is 0.681. The molecule has 0 spiro atoms. The van der Waals surface area contributed by atoms with Gasteiger partial charge in [0.25, 0.3) is 0 Å². The lowest BCUT2D eigenvalue weighted by molar-refractivity contribution is -0.116. The molecule has 0 aliphatic rings. The van der Waals surface area contributed by atoms with Crippen molar-refractivity contribution in [2.75, 3.05) is 25.0 Å². The zero-order chi connectivity index (χ0) is 11.8. The summed E-state index contributed by atoms with van der Waals surface area (Å²) in [6.07, 6.45) is 1.52. The summed E-state index contributed by atoms with van der Waals surface area (Å²) in [7, 11) is 0. The second kappa shape index (κ2) is 6.53. The van der Waals surface area contributed by atoms with Gasteiger partial charge in [0.1, 0.15) is 17.7 Å². The average Bonchev–Trinajstić information content (AvgIpc) is 2.29. The molecule has 1 heterocycles. The lowest BCUT2D eigenvalue weighted by atomic mass is 10.3. The van der Waals surface area contributed by atoms with Crippen molar-refractivity contribution in [1.82, 2.24) is 10.3 Å². The van der Waals surface area contributed by atoms with Crippen LogP contribution in [0.4, 0.5) is 5.82 Å². The molecule has 0 bridgehead atoms. The minimum atomic E-state index is 0.122. The van der Waals surface area contributed by atoms with Crippen LogP contribution < -0.4 is 10.6 Å². The molecule has 0 radical (unpaired) electrons. The summed E-state index contributed by atoms with van der Waals surface area (Å²) in [6.45, 7) is 3.32. The molecular formula is C11H14N4O. The van der Waals surface area contributed by atoms with E-state index in [1.807, 2.05) is 6.07 Å². The van der Waals surface area contributed by atoms with Crippen molar-refractivity contribution < 1.29 is 4.79 Å². The van der Waals surface area contributed by atoms with Crippen molar-refractivity contribution in [3.05, 3.63) is 23.9 Å². The molecule has 0 saturated heterocycles. The van der Waals surface area contributed by atoms with E-state index in [0.717, 1.165) is 5.82 Å². The van der Waals surface area contributed by atoms with Crippen LogP contribution in [0.2, 0.25) is 0 Å². The van der Waals surface area contributed by atoms with Gasteiger partial charge in [-0.3, -0.25) is 4.79 Å². The number of carbonyl (C=O) groups is 1. The zero-order valence-corrected chi connectivity index (χ0v) is 9.16. The number of anilines is 1. The Morgan fingerprint density at radius 3 is 2.88 bits per heavy atom. The van der Waals surface area contributed by atoms with E-state index >= 15 is 0 Å². The highest BCUT2D eigenvalue weighted by atomic mass is 16.1. The summed E-state index contributed by atoms with van der Waals surface area (Å²) in [5.41, 5.74) is 0.542. The maximum absolute atomic E-state index is 10.6. The average molecular weight is 218 g/mol. The van der Waals surface area contributed by atoms with Crippen molar-refractivity contribution in [3.63, 3.8) is 0 Å². The standard InChI is InChI=1S/C11H14N4O/c1-9(16)7-13-4-5-14-11-3-2-10(6-12)8-15-11/h2-3,8,13H,4-5,7H2,1H3,(H,14,15). The molecule has 1 rings (SSSR count). The van der Waals surface area contributed by atoms with Crippen molar-refractivity contribution in [2.45, 2.75) is 6.92 Å². The number of rotatable bonds is 6. The Balaban J connectivity index is 2.22. The molecule has 0 unspecified atom stereocenters. The largest absolute Gasteiger partial charge is 0.369 e. The van der Waals surface area contributed by atoms with E-state index in [-0.39, 0.29) is 5.78 Å². The molecule has 1 aromatic rings. The van der Waals surface area contributed by atoms with Crippen LogP contribution in [0.1, 0.15) is 12.5 Å². The van der Waals surface area contributed by atoms with E-state index in [4.69, 9.17) is 5.26 Å². The number of nitriles is 1. The molecule has 1 aromatic heterocycles. The fourth-order valence-electron chi connectivity index (χ4n) is 1.11. The van der Waals surface area contributed by atoms with E-state index in [0.29, 0.717) is 25.2 Å². The normalized spacial score (nSPS) is 9.50. The van der Waals surface area contributed by atoms with Crippen LogP contribution in [-0.4, -0.2) is 30.4 Å². The molecule has 0 amide bonds. The molecule has 0 saturated carbocycles. The van der Waals surface area contributed by atoms with Crippen LogP contribution >= 0.6 is 0 Å². The first kappa shape index (κ1) is 12.1. The number of hydrogen-bond acceptors (Lipinski definition) is 5. The Morgan fingerprint density at radius 2 is 2.31 bits per heavy atom. The Bertz CT molecular complexity index is 380. The highest BCUT2D eigenvalue weighted by Gasteiger charge is 1.95. The second-order valence-corrected chi connectivity index (χ2v) is 3.35. The number of Topliss-reactive ketones (excluding diaryl/α,β-unsaturated/α-hetero) is 1. The highest BCUT2D eigenvalue weighted by molar-refractivity contribution is 5.77. The van der Waals surface area contributed by atoms with Gasteiger partial charge in [-0.25, -0.2) is 4.98 Å². The number of aromatic nitrogens is 1. The molecule has 0 atom stereocenters. The van der Waals surface area contributed by atoms with Crippen LogP contribution in [0.25, 0.3) is 0 Å². The van der Waals surface area contributed by atoms with Crippen LogP contribution in [-0.2, 0) is 4.79 Å².